The Bertz CT molecular complexity index is 823. The van der Waals surface area contributed by atoms with Crippen molar-refractivity contribution in [2.75, 3.05) is 0 Å². The first-order chi connectivity index (χ1) is 10.4. The standard InChI is InChI=1S/C10H8O.C7H8O3S/c11-10-7-2-1-4-8-5-3-6-9(8)10;1-6-2-4-7(5-3-6)11(8,9)10/h1-7,11H;2-5H,1H3,(H,8,9,10). The molecule has 4 nitrogen and oxygen atoms in total. The minimum Gasteiger partial charge on any atom is -0.507 e. The number of rotatable bonds is 1. The summed E-state index contributed by atoms with van der Waals surface area (Å²) in [5.41, 5.74) is 2.94. The van der Waals surface area contributed by atoms with Crippen molar-refractivity contribution in [2.45, 2.75) is 11.8 Å². The molecule has 2 N–H and O–H groups in total. The Labute approximate surface area is 129 Å². The molecule has 0 saturated carbocycles. The van der Waals surface area contributed by atoms with Crippen LogP contribution in [0.25, 0.3) is 11.1 Å². The second-order valence-corrected chi connectivity index (χ2v) is 6.21. The van der Waals surface area contributed by atoms with Gasteiger partial charge in [0, 0.05) is 5.56 Å². The van der Waals surface area contributed by atoms with Crippen LogP contribution in [0.4, 0.5) is 0 Å². The van der Waals surface area contributed by atoms with Crippen molar-refractivity contribution in [3.05, 3.63) is 72.3 Å². The highest BCUT2D eigenvalue weighted by molar-refractivity contribution is 7.85. The van der Waals surface area contributed by atoms with Gasteiger partial charge >= 0.3 is 0 Å². The smallest absolute Gasteiger partial charge is 0.294 e. The highest BCUT2D eigenvalue weighted by Crippen LogP contribution is 2.29. The lowest BCUT2D eigenvalue weighted by Crippen LogP contribution is -1.96. The highest BCUT2D eigenvalue weighted by Gasteiger charge is 2.06. The molecule has 0 aliphatic heterocycles. The molecule has 0 atom stereocenters. The highest BCUT2D eigenvalue weighted by atomic mass is 32.2. The van der Waals surface area contributed by atoms with Gasteiger partial charge in [-0.1, -0.05) is 54.1 Å². The van der Waals surface area contributed by atoms with Crippen molar-refractivity contribution < 1.29 is 18.1 Å². The van der Waals surface area contributed by atoms with Crippen LogP contribution in [0.2, 0.25) is 0 Å². The van der Waals surface area contributed by atoms with E-state index in [2.05, 4.69) is 0 Å². The normalized spacial score (nSPS) is 10.8. The molecular weight excluding hydrogens is 300 g/mol. The number of aromatic hydroxyl groups is 1. The van der Waals surface area contributed by atoms with E-state index in [1.165, 1.54) is 12.1 Å². The molecule has 1 aromatic rings. The fourth-order valence-electron chi connectivity index (χ4n) is 1.92. The zero-order chi connectivity index (χ0) is 16.2. The third kappa shape index (κ3) is 4.07. The molecule has 0 bridgehead atoms. The van der Waals surface area contributed by atoms with Gasteiger partial charge in [0.05, 0.1) is 4.90 Å². The van der Waals surface area contributed by atoms with E-state index in [0.29, 0.717) is 5.75 Å². The molecule has 0 saturated heterocycles. The molecule has 22 heavy (non-hydrogen) atoms. The first-order valence-corrected chi connectivity index (χ1v) is 8.03. The quantitative estimate of drug-likeness (QED) is 0.671. The average Bonchev–Trinajstić information content (AvgIpc) is 2.85. The monoisotopic (exact) mass is 316 g/mol. The van der Waals surface area contributed by atoms with E-state index < -0.39 is 10.1 Å². The summed E-state index contributed by atoms with van der Waals surface area (Å²) in [6.45, 7) is 1.84. The lowest BCUT2D eigenvalue weighted by atomic mass is 10.2. The van der Waals surface area contributed by atoms with Crippen LogP contribution in [0.5, 0.6) is 5.75 Å². The molecule has 114 valence electrons. The zero-order valence-corrected chi connectivity index (χ0v) is 12.8. The Morgan fingerprint density at radius 1 is 0.818 bits per heavy atom. The Morgan fingerprint density at radius 3 is 2.05 bits per heavy atom. The molecule has 0 amide bonds. The van der Waals surface area contributed by atoms with Crippen molar-refractivity contribution >= 4 is 10.1 Å². The SMILES string of the molecule is Cc1ccc(S(=O)(=O)O)cc1.Oc1ccccc2cccc1-2. The van der Waals surface area contributed by atoms with Crippen LogP contribution in [-0.4, -0.2) is 18.1 Å². The average molecular weight is 316 g/mol. The summed E-state index contributed by atoms with van der Waals surface area (Å²) in [6.07, 6.45) is 0. The number of benzene rings is 1. The maximum Gasteiger partial charge on any atom is 0.294 e. The molecule has 1 aromatic carbocycles. The largest absolute Gasteiger partial charge is 0.507 e. The summed E-state index contributed by atoms with van der Waals surface area (Å²) in [4.78, 5) is -0.0666. The van der Waals surface area contributed by atoms with Gasteiger partial charge in [0.1, 0.15) is 5.75 Å². The summed E-state index contributed by atoms with van der Waals surface area (Å²) >= 11 is 0. The maximum atomic E-state index is 10.5. The second-order valence-electron chi connectivity index (χ2n) is 4.79. The summed E-state index contributed by atoms with van der Waals surface area (Å²) in [5, 5.41) is 9.42. The first-order valence-electron chi connectivity index (χ1n) is 6.59. The van der Waals surface area contributed by atoms with Gasteiger partial charge in [-0.15, -0.1) is 0 Å². The Morgan fingerprint density at radius 2 is 1.41 bits per heavy atom. The van der Waals surface area contributed by atoms with Crippen LogP contribution in [0.3, 0.4) is 0 Å². The van der Waals surface area contributed by atoms with Crippen LogP contribution in [0.1, 0.15) is 5.56 Å². The van der Waals surface area contributed by atoms with Crippen LogP contribution in [-0.2, 0) is 10.1 Å². The predicted molar refractivity (Wildman–Crippen MR) is 85.7 cm³/mol. The van der Waals surface area contributed by atoms with Gasteiger partial charge in [0.2, 0.25) is 0 Å². The van der Waals surface area contributed by atoms with E-state index in [9.17, 15) is 13.5 Å². The minimum absolute atomic E-state index is 0.0666. The third-order valence-electron chi connectivity index (χ3n) is 3.09. The lowest BCUT2D eigenvalue weighted by molar-refractivity contribution is 0.478. The van der Waals surface area contributed by atoms with Gasteiger partial charge in [-0.25, -0.2) is 0 Å². The molecule has 0 fully saturated rings. The van der Waals surface area contributed by atoms with E-state index >= 15 is 0 Å². The Hall–Kier alpha value is -2.37. The summed E-state index contributed by atoms with van der Waals surface area (Å²) in [5.74, 6) is 0.343. The maximum absolute atomic E-state index is 10.5. The number of aryl methyl sites for hydroxylation is 1. The molecule has 2 aliphatic carbocycles. The molecule has 5 heteroatoms. The lowest BCUT2D eigenvalue weighted by Gasteiger charge is -1.95. The zero-order valence-electron chi connectivity index (χ0n) is 12.0. The van der Waals surface area contributed by atoms with E-state index in [4.69, 9.17) is 4.55 Å². The Kier molecular flexibility index (Phi) is 4.80. The molecule has 3 rings (SSSR count). The molecule has 0 radical (unpaired) electrons. The van der Waals surface area contributed by atoms with E-state index in [-0.39, 0.29) is 4.90 Å². The van der Waals surface area contributed by atoms with Crippen molar-refractivity contribution in [2.24, 2.45) is 0 Å². The van der Waals surface area contributed by atoms with Crippen LogP contribution in [0, 0.1) is 6.92 Å². The number of hydrogen-bond donors (Lipinski definition) is 2. The van der Waals surface area contributed by atoms with Gasteiger partial charge in [-0.2, -0.15) is 8.42 Å². The van der Waals surface area contributed by atoms with E-state index in [1.807, 2.05) is 43.3 Å². The van der Waals surface area contributed by atoms with Gasteiger partial charge in [-0.05, 0) is 30.7 Å². The fourth-order valence-corrected chi connectivity index (χ4v) is 2.40. The van der Waals surface area contributed by atoms with Crippen molar-refractivity contribution in [3.63, 3.8) is 0 Å². The Balaban J connectivity index is 0.000000160. The van der Waals surface area contributed by atoms with Gasteiger partial charge in [0.25, 0.3) is 10.1 Å². The molecule has 0 aromatic heterocycles. The van der Waals surface area contributed by atoms with Crippen LogP contribution < -0.4 is 0 Å². The van der Waals surface area contributed by atoms with E-state index in [0.717, 1.165) is 16.7 Å². The molecular formula is C17H16O4S. The van der Waals surface area contributed by atoms with Gasteiger partial charge in [-0.3, -0.25) is 4.55 Å². The molecule has 0 heterocycles. The van der Waals surface area contributed by atoms with E-state index in [1.54, 1.807) is 18.2 Å². The van der Waals surface area contributed by atoms with Crippen molar-refractivity contribution in [1.82, 2.24) is 0 Å². The number of hydrogen-bond acceptors (Lipinski definition) is 3. The molecule has 0 spiro atoms. The third-order valence-corrected chi connectivity index (χ3v) is 3.95. The van der Waals surface area contributed by atoms with Crippen molar-refractivity contribution in [1.29, 1.82) is 0 Å². The van der Waals surface area contributed by atoms with Gasteiger partial charge < -0.3 is 5.11 Å². The summed E-state index contributed by atoms with van der Waals surface area (Å²) < 4.78 is 29.6. The summed E-state index contributed by atoms with van der Waals surface area (Å²) in [6, 6.07) is 19.2. The molecule has 2 aliphatic rings. The van der Waals surface area contributed by atoms with Gasteiger partial charge in [0.15, 0.2) is 0 Å². The van der Waals surface area contributed by atoms with Crippen molar-refractivity contribution in [3.8, 4) is 16.9 Å². The number of fused-ring (bicyclic) bond motifs is 1. The summed E-state index contributed by atoms with van der Waals surface area (Å²) in [7, 11) is -4.02. The second kappa shape index (κ2) is 6.60. The van der Waals surface area contributed by atoms with Crippen LogP contribution in [0.15, 0.2) is 71.6 Å². The topological polar surface area (TPSA) is 74.6 Å². The fraction of sp³-hybridized carbons (Fsp3) is 0.0588. The predicted octanol–water partition coefficient (Wildman–Crippen LogP) is 3.74. The first kappa shape index (κ1) is 16.0. The minimum atomic E-state index is -4.02. The molecule has 0 unspecified atom stereocenters. The van der Waals surface area contributed by atoms with Crippen LogP contribution >= 0.6 is 0 Å².